The predicted molar refractivity (Wildman–Crippen MR) is 230 cm³/mol. The molecule has 0 aliphatic heterocycles. The van der Waals surface area contributed by atoms with E-state index in [0.29, 0.717) is 33.4 Å². The van der Waals surface area contributed by atoms with Crippen molar-refractivity contribution in [1.82, 2.24) is 0 Å². The van der Waals surface area contributed by atoms with Crippen LogP contribution in [0.1, 0.15) is 64.5 Å². The van der Waals surface area contributed by atoms with Gasteiger partial charge in [-0.25, -0.2) is 0 Å². The average molecular weight is 999 g/mol. The van der Waals surface area contributed by atoms with E-state index in [4.69, 9.17) is 0 Å². The van der Waals surface area contributed by atoms with Gasteiger partial charge in [-0.2, -0.15) is 0 Å². The quantitative estimate of drug-likeness (QED) is 0.0895. The third-order valence-electron chi connectivity index (χ3n) is 11.0. The summed E-state index contributed by atoms with van der Waals surface area (Å²) in [5.74, 6) is 0.114. The van der Waals surface area contributed by atoms with Gasteiger partial charge in [-0.3, -0.25) is 14.4 Å². The molecule has 9 heteroatoms. The molecule has 60 heavy (non-hydrogen) atoms. The zero-order valence-electron chi connectivity index (χ0n) is 35.2. The van der Waals surface area contributed by atoms with Crippen molar-refractivity contribution in [2.75, 3.05) is 61.4 Å². The van der Waals surface area contributed by atoms with Crippen molar-refractivity contribution in [1.29, 1.82) is 0 Å². The van der Waals surface area contributed by atoms with Crippen molar-refractivity contribution in [3.8, 4) is 0 Å². The van der Waals surface area contributed by atoms with Crippen LogP contribution < -0.4 is 50.9 Å². The Morgan fingerprint density at radius 1 is 0.317 bits per heavy atom. The van der Waals surface area contributed by atoms with Gasteiger partial charge in [0, 0.05) is 50.1 Å². The summed E-state index contributed by atoms with van der Waals surface area (Å²) >= 11 is 0. The lowest BCUT2D eigenvalue weighted by Gasteiger charge is -2.40. The molecule has 0 saturated heterocycles. The number of rotatable bonds is 18. The van der Waals surface area contributed by atoms with E-state index in [-0.39, 0.29) is 68.3 Å². The first-order valence-corrected chi connectivity index (χ1v) is 19.8. The van der Waals surface area contributed by atoms with Crippen molar-refractivity contribution in [3.63, 3.8) is 0 Å². The average Bonchev–Trinajstić information content (AvgIpc) is 3.23. The standard InChI is InChI=1S/C51H56N3O3.3BrH/c1-52(2,37-40-21-27-46(28-22-40)49(55)43-15-9-6-10-16-43)33-35-54(5,39-42-25-31-48(32-26-42)51(57)45-19-13-8-14-20-45)36-34-53(3,4)38-41-23-29-47(30-24-41)50(56)44-17-11-7-12-18-44;;;/h6-32H,33-39H2,1-5H3;3*1H/q+3;;;/p-3. The van der Waals surface area contributed by atoms with Crippen molar-refractivity contribution in [2.45, 2.75) is 19.6 Å². The first-order chi connectivity index (χ1) is 27.3. The van der Waals surface area contributed by atoms with Crippen molar-refractivity contribution < 1.29 is 78.8 Å². The lowest BCUT2D eigenvalue weighted by Crippen LogP contribution is -3.00. The molecule has 6 rings (SSSR count). The van der Waals surface area contributed by atoms with Gasteiger partial charge in [0.15, 0.2) is 17.3 Å². The zero-order chi connectivity index (χ0) is 40.5. The van der Waals surface area contributed by atoms with E-state index >= 15 is 0 Å². The molecule has 0 atom stereocenters. The first-order valence-electron chi connectivity index (χ1n) is 19.8. The summed E-state index contributed by atoms with van der Waals surface area (Å²) in [4.78, 5) is 39.2. The number of carbonyl (C=O) groups is 3. The highest BCUT2D eigenvalue weighted by Gasteiger charge is 2.31. The zero-order valence-corrected chi connectivity index (χ0v) is 40.0. The van der Waals surface area contributed by atoms with Gasteiger partial charge in [-0.15, -0.1) is 0 Å². The summed E-state index contributed by atoms with van der Waals surface area (Å²) in [6.45, 7) is 6.36. The van der Waals surface area contributed by atoms with Gasteiger partial charge in [-0.1, -0.05) is 164 Å². The number of ketones is 3. The number of likely N-dealkylation sites (N-methyl/N-ethyl adjacent to an activating group) is 3. The molecule has 314 valence electrons. The van der Waals surface area contributed by atoms with Gasteiger partial charge in [0.05, 0.1) is 35.2 Å². The monoisotopic (exact) mass is 995 g/mol. The third-order valence-corrected chi connectivity index (χ3v) is 11.0. The van der Waals surface area contributed by atoms with Gasteiger partial charge in [-0.05, 0) is 0 Å². The minimum Gasteiger partial charge on any atom is -1.00 e. The number of halogens is 3. The molecule has 6 nitrogen and oxygen atoms in total. The molecule has 0 spiro atoms. The van der Waals surface area contributed by atoms with E-state index in [9.17, 15) is 14.4 Å². The Balaban J connectivity index is 0.00000320. The van der Waals surface area contributed by atoms with Crippen molar-refractivity contribution >= 4 is 17.3 Å². The summed E-state index contributed by atoms with van der Waals surface area (Å²) in [6, 6.07) is 52.6. The maximum Gasteiger partial charge on any atom is 0.193 e. The fourth-order valence-electron chi connectivity index (χ4n) is 7.43. The number of benzene rings is 6. The Kier molecular flexibility index (Phi) is 18.7. The Bertz CT molecular complexity index is 2150. The van der Waals surface area contributed by atoms with Crippen LogP contribution in [-0.2, 0) is 19.6 Å². The molecule has 0 heterocycles. The van der Waals surface area contributed by atoms with Crippen molar-refractivity contribution in [3.05, 3.63) is 214 Å². The van der Waals surface area contributed by atoms with Crippen molar-refractivity contribution in [2.24, 2.45) is 0 Å². The highest BCUT2D eigenvalue weighted by atomic mass is 79.9. The Labute approximate surface area is 388 Å². The first kappa shape index (κ1) is 50.0. The van der Waals surface area contributed by atoms with Crippen LogP contribution in [0.25, 0.3) is 0 Å². The van der Waals surface area contributed by atoms with Crippen LogP contribution in [0.4, 0.5) is 0 Å². The van der Waals surface area contributed by atoms with Crippen LogP contribution in [0.15, 0.2) is 164 Å². The molecule has 0 unspecified atom stereocenters. The molecule has 6 aromatic rings. The van der Waals surface area contributed by atoms with Gasteiger partial charge < -0.3 is 64.4 Å². The van der Waals surface area contributed by atoms with E-state index in [1.807, 2.05) is 127 Å². The Hall–Kier alpha value is -4.35. The predicted octanol–water partition coefficient (Wildman–Crippen LogP) is -0.109. The molecule has 0 aliphatic carbocycles. The van der Waals surface area contributed by atoms with Gasteiger partial charge in [0.1, 0.15) is 45.8 Å². The SMILES string of the molecule is C[N+](C)(CC[N+](C)(CC[N+](C)(C)Cc1ccc(C(=O)c2ccccc2)cc1)Cc1ccc(C(=O)c2ccccc2)cc1)Cc1ccc(C(=O)c2ccccc2)cc1.[Br-].[Br-].[Br-]. The molecule has 0 radical (unpaired) electrons. The van der Waals surface area contributed by atoms with Crippen LogP contribution >= 0.6 is 0 Å². The second-order valence-corrected chi connectivity index (χ2v) is 17.0. The number of nitrogens with zero attached hydrogens (tertiary/aromatic N) is 3. The van der Waals surface area contributed by atoms with Gasteiger partial charge >= 0.3 is 0 Å². The third kappa shape index (κ3) is 14.1. The number of carbonyl (C=O) groups excluding carboxylic acids is 3. The maximum absolute atomic E-state index is 13.2. The summed E-state index contributed by atoms with van der Waals surface area (Å²) in [5, 5.41) is 0. The second kappa shape index (κ2) is 22.5. The van der Waals surface area contributed by atoms with E-state index in [1.54, 1.807) is 0 Å². The minimum atomic E-state index is 0. The van der Waals surface area contributed by atoms with E-state index in [2.05, 4.69) is 71.6 Å². The fourth-order valence-corrected chi connectivity index (χ4v) is 7.43. The molecule has 0 bridgehead atoms. The number of hydrogen-bond acceptors (Lipinski definition) is 3. The van der Waals surface area contributed by atoms with Crippen LogP contribution in [0.5, 0.6) is 0 Å². The Morgan fingerprint density at radius 2 is 0.550 bits per heavy atom. The summed E-state index contributed by atoms with van der Waals surface area (Å²) in [6.07, 6.45) is 0. The normalized spacial score (nSPS) is 11.3. The van der Waals surface area contributed by atoms with E-state index < -0.39 is 0 Å². The van der Waals surface area contributed by atoms with Gasteiger partial charge in [0.25, 0.3) is 0 Å². The summed E-state index contributed by atoms with van der Waals surface area (Å²) in [7, 11) is 11.5. The molecule has 0 N–H and O–H groups in total. The topological polar surface area (TPSA) is 51.2 Å². The highest BCUT2D eigenvalue weighted by Crippen LogP contribution is 2.21. The molecular weight excluding hydrogens is 942 g/mol. The second-order valence-electron chi connectivity index (χ2n) is 17.0. The largest absolute Gasteiger partial charge is 1.00 e. The molecular formula is C51H56Br3N3O3. The lowest BCUT2D eigenvalue weighted by molar-refractivity contribution is -0.989. The molecule has 0 fully saturated rings. The van der Waals surface area contributed by atoms with Crippen LogP contribution in [-0.4, -0.2) is 92.2 Å². The molecule has 0 aromatic heterocycles. The van der Waals surface area contributed by atoms with Crippen LogP contribution in [0, 0.1) is 0 Å². The van der Waals surface area contributed by atoms with Crippen LogP contribution in [0.2, 0.25) is 0 Å². The van der Waals surface area contributed by atoms with E-state index in [0.717, 1.165) is 59.3 Å². The Morgan fingerprint density at radius 3 is 0.817 bits per heavy atom. The smallest absolute Gasteiger partial charge is 0.193 e. The number of quaternary nitrogens is 3. The van der Waals surface area contributed by atoms with Crippen LogP contribution in [0.3, 0.4) is 0 Å². The lowest BCUT2D eigenvalue weighted by atomic mass is 10.0. The molecule has 0 aliphatic rings. The molecule has 0 amide bonds. The summed E-state index contributed by atoms with van der Waals surface area (Å²) < 4.78 is 2.44. The number of hydrogen-bond donors (Lipinski definition) is 0. The fraction of sp³-hybridized carbons (Fsp3) is 0.235. The van der Waals surface area contributed by atoms with E-state index in [1.165, 1.54) is 16.7 Å². The highest BCUT2D eigenvalue weighted by molar-refractivity contribution is 6.10. The minimum absolute atomic E-state index is 0. The maximum atomic E-state index is 13.2. The molecule has 0 saturated carbocycles. The van der Waals surface area contributed by atoms with Gasteiger partial charge in [0.2, 0.25) is 0 Å². The summed E-state index contributed by atoms with van der Waals surface area (Å²) in [5.41, 5.74) is 7.80. The molecule has 6 aromatic carbocycles.